The molecule has 0 radical (unpaired) electrons. The normalized spacial score (nSPS) is 28.4. The molecule has 1 aliphatic heterocycles. The van der Waals surface area contributed by atoms with E-state index in [0.717, 1.165) is 43.4 Å². The highest BCUT2D eigenvalue weighted by atomic mass is 16.2. The molecule has 114 valence electrons. The molecule has 2 saturated carbocycles. The van der Waals surface area contributed by atoms with Gasteiger partial charge in [0.1, 0.15) is 5.82 Å². The van der Waals surface area contributed by atoms with Gasteiger partial charge in [0.25, 0.3) is 0 Å². The first-order valence-electron chi connectivity index (χ1n) is 8.51. The predicted octanol–water partition coefficient (Wildman–Crippen LogP) is 2.06. The summed E-state index contributed by atoms with van der Waals surface area (Å²) in [7, 11) is 0. The Hall–Kier alpha value is -1.39. The zero-order valence-corrected chi connectivity index (χ0v) is 12.6. The summed E-state index contributed by atoms with van der Waals surface area (Å²) < 4.78 is 2.16. The first-order valence-corrected chi connectivity index (χ1v) is 8.51. The fraction of sp³-hybridized carbons (Fsp3) is 0.812. The van der Waals surface area contributed by atoms with Crippen LogP contribution in [0.25, 0.3) is 0 Å². The van der Waals surface area contributed by atoms with Crippen LogP contribution in [-0.4, -0.2) is 20.7 Å². The zero-order chi connectivity index (χ0) is 14.2. The van der Waals surface area contributed by atoms with Gasteiger partial charge in [0.15, 0.2) is 5.82 Å². The fourth-order valence-corrected chi connectivity index (χ4v) is 4.24. The minimum Gasteiger partial charge on any atom is -0.349 e. The Balaban J connectivity index is 1.29. The molecule has 1 amide bonds. The number of hydrogen-bond acceptors (Lipinski definition) is 3. The number of amides is 1. The van der Waals surface area contributed by atoms with E-state index in [4.69, 9.17) is 0 Å². The third kappa shape index (κ3) is 2.58. The number of aryl methyl sites for hydroxylation is 1. The summed E-state index contributed by atoms with van der Waals surface area (Å²) in [5.41, 5.74) is 0. The first-order chi connectivity index (χ1) is 10.3. The Morgan fingerprint density at radius 3 is 2.90 bits per heavy atom. The fourth-order valence-electron chi connectivity index (χ4n) is 4.24. The molecule has 0 unspecified atom stereocenters. The van der Waals surface area contributed by atoms with E-state index in [1.807, 2.05) is 0 Å². The number of hydrogen-bond donors (Lipinski definition) is 1. The molecule has 0 aromatic carbocycles. The smallest absolute Gasteiger partial charge is 0.223 e. The Morgan fingerprint density at radius 2 is 2.05 bits per heavy atom. The van der Waals surface area contributed by atoms with Gasteiger partial charge in [0.2, 0.25) is 5.91 Å². The number of nitrogens with zero attached hydrogens (tertiary/aromatic N) is 3. The molecule has 5 heteroatoms. The van der Waals surface area contributed by atoms with E-state index in [0.29, 0.717) is 12.5 Å². The summed E-state index contributed by atoms with van der Waals surface area (Å²) in [5.74, 6) is 3.98. The third-order valence-electron chi connectivity index (χ3n) is 5.54. The van der Waals surface area contributed by atoms with Gasteiger partial charge in [-0.3, -0.25) is 4.79 Å². The first kappa shape index (κ1) is 13.3. The maximum absolute atomic E-state index is 12.3. The van der Waals surface area contributed by atoms with Crippen molar-refractivity contribution in [3.05, 3.63) is 11.6 Å². The molecule has 2 heterocycles. The second-order valence-electron chi connectivity index (χ2n) is 6.91. The maximum Gasteiger partial charge on any atom is 0.223 e. The lowest BCUT2D eigenvalue weighted by atomic mass is 9.85. The molecule has 3 aliphatic rings. The van der Waals surface area contributed by atoms with Crippen LogP contribution in [0.1, 0.15) is 56.6 Å². The molecular weight excluding hydrogens is 264 g/mol. The van der Waals surface area contributed by atoms with Crippen molar-refractivity contribution >= 4 is 5.91 Å². The summed E-state index contributed by atoms with van der Waals surface area (Å²) >= 11 is 0. The highest BCUT2D eigenvalue weighted by molar-refractivity contribution is 5.81. The van der Waals surface area contributed by atoms with E-state index in [-0.39, 0.29) is 11.8 Å². The SMILES string of the molecule is O=C(NCc1nnc2n1CCC2)[C@H]1C[C@@H]1C1CCCCC1. The van der Waals surface area contributed by atoms with E-state index < -0.39 is 0 Å². The van der Waals surface area contributed by atoms with Crippen molar-refractivity contribution in [2.24, 2.45) is 17.8 Å². The van der Waals surface area contributed by atoms with E-state index in [1.54, 1.807) is 0 Å². The summed E-state index contributed by atoms with van der Waals surface area (Å²) in [5, 5.41) is 11.5. The van der Waals surface area contributed by atoms with Gasteiger partial charge >= 0.3 is 0 Å². The Morgan fingerprint density at radius 1 is 1.19 bits per heavy atom. The molecule has 1 aromatic rings. The molecule has 0 bridgehead atoms. The minimum atomic E-state index is 0.237. The second kappa shape index (κ2) is 5.43. The summed E-state index contributed by atoms with van der Waals surface area (Å²) in [6.07, 6.45) is 10.1. The average Bonchev–Trinajstić information content (AvgIpc) is 3.03. The number of fused-ring (bicyclic) bond motifs is 1. The molecule has 2 aliphatic carbocycles. The molecule has 1 N–H and O–H groups in total. The molecule has 0 saturated heterocycles. The zero-order valence-electron chi connectivity index (χ0n) is 12.6. The van der Waals surface area contributed by atoms with Crippen LogP contribution in [0.5, 0.6) is 0 Å². The van der Waals surface area contributed by atoms with Crippen LogP contribution in [-0.2, 0) is 24.3 Å². The van der Waals surface area contributed by atoms with Crippen LogP contribution in [0.2, 0.25) is 0 Å². The molecule has 4 rings (SSSR count). The number of carbonyl (C=O) groups excluding carboxylic acids is 1. The van der Waals surface area contributed by atoms with Gasteiger partial charge in [-0.1, -0.05) is 32.1 Å². The van der Waals surface area contributed by atoms with Crippen molar-refractivity contribution in [1.29, 1.82) is 0 Å². The van der Waals surface area contributed by atoms with Gasteiger partial charge in [-0.15, -0.1) is 10.2 Å². The van der Waals surface area contributed by atoms with E-state index in [2.05, 4.69) is 20.1 Å². The van der Waals surface area contributed by atoms with Gasteiger partial charge in [-0.25, -0.2) is 0 Å². The maximum atomic E-state index is 12.3. The Kier molecular flexibility index (Phi) is 3.43. The van der Waals surface area contributed by atoms with E-state index in [1.165, 1.54) is 32.1 Å². The topological polar surface area (TPSA) is 59.8 Å². The summed E-state index contributed by atoms with van der Waals surface area (Å²) in [4.78, 5) is 12.3. The standard InChI is InChI=1S/C16H24N4O/c21-16(13-9-12(13)11-5-2-1-3-6-11)17-10-15-19-18-14-7-4-8-20(14)15/h11-13H,1-10H2,(H,17,21)/t12-,13+/m1/s1. The minimum absolute atomic E-state index is 0.237. The molecule has 2 atom stereocenters. The largest absolute Gasteiger partial charge is 0.349 e. The Bertz CT molecular complexity index is 532. The van der Waals surface area contributed by atoms with Crippen molar-refractivity contribution in [3.8, 4) is 0 Å². The highest BCUT2D eigenvalue weighted by Crippen LogP contribution is 2.49. The Labute approximate surface area is 125 Å². The van der Waals surface area contributed by atoms with Gasteiger partial charge in [0.05, 0.1) is 6.54 Å². The van der Waals surface area contributed by atoms with Crippen LogP contribution in [0.4, 0.5) is 0 Å². The van der Waals surface area contributed by atoms with Crippen molar-refractivity contribution in [2.45, 2.75) is 64.5 Å². The molecule has 21 heavy (non-hydrogen) atoms. The third-order valence-corrected chi connectivity index (χ3v) is 5.54. The lowest BCUT2D eigenvalue weighted by Crippen LogP contribution is -2.27. The molecule has 0 spiro atoms. The van der Waals surface area contributed by atoms with Crippen LogP contribution < -0.4 is 5.32 Å². The number of aromatic nitrogens is 3. The van der Waals surface area contributed by atoms with Crippen molar-refractivity contribution in [3.63, 3.8) is 0 Å². The van der Waals surface area contributed by atoms with Gasteiger partial charge < -0.3 is 9.88 Å². The number of carbonyl (C=O) groups is 1. The molecule has 1 aromatic heterocycles. The lowest BCUT2D eigenvalue weighted by molar-refractivity contribution is -0.123. The van der Waals surface area contributed by atoms with Gasteiger partial charge in [-0.05, 0) is 24.7 Å². The summed E-state index contributed by atoms with van der Waals surface area (Å²) in [6.45, 7) is 1.54. The summed E-state index contributed by atoms with van der Waals surface area (Å²) in [6, 6.07) is 0. The van der Waals surface area contributed by atoms with E-state index in [9.17, 15) is 4.79 Å². The molecule has 2 fully saturated rings. The van der Waals surface area contributed by atoms with Crippen molar-refractivity contribution in [2.75, 3.05) is 0 Å². The van der Waals surface area contributed by atoms with Crippen molar-refractivity contribution in [1.82, 2.24) is 20.1 Å². The predicted molar refractivity (Wildman–Crippen MR) is 78.4 cm³/mol. The number of nitrogens with one attached hydrogen (secondary N) is 1. The lowest BCUT2D eigenvalue weighted by Gasteiger charge is -2.21. The second-order valence-corrected chi connectivity index (χ2v) is 6.91. The molecule has 5 nitrogen and oxygen atoms in total. The van der Waals surface area contributed by atoms with Crippen LogP contribution >= 0.6 is 0 Å². The van der Waals surface area contributed by atoms with Crippen LogP contribution in [0.15, 0.2) is 0 Å². The average molecular weight is 288 g/mol. The van der Waals surface area contributed by atoms with Gasteiger partial charge in [0, 0.05) is 18.9 Å². The number of rotatable bonds is 4. The van der Waals surface area contributed by atoms with E-state index >= 15 is 0 Å². The monoisotopic (exact) mass is 288 g/mol. The van der Waals surface area contributed by atoms with Crippen LogP contribution in [0.3, 0.4) is 0 Å². The van der Waals surface area contributed by atoms with Gasteiger partial charge in [-0.2, -0.15) is 0 Å². The van der Waals surface area contributed by atoms with Crippen LogP contribution in [0, 0.1) is 17.8 Å². The quantitative estimate of drug-likeness (QED) is 0.922. The highest BCUT2D eigenvalue weighted by Gasteiger charge is 2.47. The molecular formula is C16H24N4O. The van der Waals surface area contributed by atoms with Crippen molar-refractivity contribution < 1.29 is 4.79 Å².